The van der Waals surface area contributed by atoms with Gasteiger partial charge in [-0.15, -0.1) is 0 Å². The first-order valence-corrected chi connectivity index (χ1v) is 18.6. The van der Waals surface area contributed by atoms with Crippen molar-refractivity contribution in [1.82, 2.24) is 0 Å². The maximum atomic E-state index is 6.23. The van der Waals surface area contributed by atoms with Crippen molar-refractivity contribution in [3.8, 4) is 11.5 Å². The number of halogens is 1. The summed E-state index contributed by atoms with van der Waals surface area (Å²) in [7, 11) is 0. The van der Waals surface area contributed by atoms with Crippen LogP contribution >= 0.6 is 15.9 Å². The summed E-state index contributed by atoms with van der Waals surface area (Å²) in [4.78, 5) is 0. The van der Waals surface area contributed by atoms with E-state index in [1.165, 1.54) is 108 Å². The van der Waals surface area contributed by atoms with Crippen LogP contribution in [0, 0.1) is 0 Å². The molecule has 3 heteroatoms. The van der Waals surface area contributed by atoms with Crippen molar-refractivity contribution in [2.75, 3.05) is 13.2 Å². The fourth-order valence-corrected chi connectivity index (χ4v) is 7.97. The molecule has 0 spiro atoms. The SMILES string of the molecule is CCCCCCCCOc1ccc(C2(c3ccc(OCCCCCCCC)cc3)c3cccc4ccc5cc(Br)cc2c5c34)cc1. The molecule has 0 aliphatic heterocycles. The third kappa shape index (κ3) is 6.72. The lowest BCUT2D eigenvalue weighted by Crippen LogP contribution is -2.28. The minimum atomic E-state index is -0.457. The van der Waals surface area contributed by atoms with E-state index in [0.717, 1.165) is 42.0 Å². The predicted octanol–water partition coefficient (Wildman–Crippen LogP) is 12.9. The zero-order chi connectivity index (χ0) is 31.8. The second kappa shape index (κ2) is 15.5. The highest BCUT2D eigenvalue weighted by Crippen LogP contribution is 2.56. The highest BCUT2D eigenvalue weighted by molar-refractivity contribution is 9.10. The van der Waals surface area contributed by atoms with Gasteiger partial charge in [0.2, 0.25) is 0 Å². The van der Waals surface area contributed by atoms with Crippen molar-refractivity contribution in [2.45, 2.75) is 96.3 Å². The molecule has 0 atom stereocenters. The zero-order valence-corrected chi connectivity index (χ0v) is 29.3. The Morgan fingerprint density at radius 3 is 1.57 bits per heavy atom. The van der Waals surface area contributed by atoms with Gasteiger partial charge < -0.3 is 9.47 Å². The molecule has 0 bridgehead atoms. The molecule has 0 amide bonds. The first kappa shape index (κ1) is 32.6. The fraction of sp³-hybridized carbons (Fsp3) is 0.395. The quantitative estimate of drug-likeness (QED) is 0.0666. The maximum Gasteiger partial charge on any atom is 0.119 e. The van der Waals surface area contributed by atoms with E-state index in [1.807, 2.05) is 0 Å². The summed E-state index contributed by atoms with van der Waals surface area (Å²) in [6, 6.07) is 33.8. The van der Waals surface area contributed by atoms with Crippen LogP contribution in [0.4, 0.5) is 0 Å². The average Bonchev–Trinajstić information content (AvgIpc) is 3.38. The molecule has 5 aromatic carbocycles. The zero-order valence-electron chi connectivity index (χ0n) is 27.8. The second-order valence-electron chi connectivity index (χ2n) is 13.1. The van der Waals surface area contributed by atoms with Crippen molar-refractivity contribution < 1.29 is 9.47 Å². The second-order valence-corrected chi connectivity index (χ2v) is 14.0. The molecule has 240 valence electrons. The maximum absolute atomic E-state index is 6.23. The minimum absolute atomic E-state index is 0.457. The average molecular weight is 678 g/mol. The molecule has 0 radical (unpaired) electrons. The number of benzene rings is 5. The van der Waals surface area contributed by atoms with Crippen LogP contribution in [0.25, 0.3) is 21.5 Å². The lowest BCUT2D eigenvalue weighted by molar-refractivity contribution is 0.304. The van der Waals surface area contributed by atoms with E-state index in [0.29, 0.717) is 0 Å². The largest absolute Gasteiger partial charge is 0.494 e. The van der Waals surface area contributed by atoms with Gasteiger partial charge in [-0.25, -0.2) is 0 Å². The van der Waals surface area contributed by atoms with Crippen LogP contribution in [0.2, 0.25) is 0 Å². The Morgan fingerprint density at radius 2 is 1.00 bits per heavy atom. The summed E-state index contributed by atoms with van der Waals surface area (Å²) in [5.74, 6) is 1.89. The molecule has 1 aliphatic carbocycles. The van der Waals surface area contributed by atoms with Gasteiger partial charge in [0.05, 0.1) is 18.6 Å². The fourth-order valence-electron chi connectivity index (χ4n) is 7.50. The number of ether oxygens (including phenoxy) is 2. The molecular formula is C43H49BrO2. The van der Waals surface area contributed by atoms with Gasteiger partial charge in [-0.05, 0) is 93.0 Å². The third-order valence-corrected chi connectivity index (χ3v) is 10.3. The molecule has 0 heterocycles. The van der Waals surface area contributed by atoms with Gasteiger partial charge in [0.25, 0.3) is 0 Å². The Morgan fingerprint density at radius 1 is 0.500 bits per heavy atom. The van der Waals surface area contributed by atoms with E-state index in [9.17, 15) is 0 Å². The van der Waals surface area contributed by atoms with Crippen molar-refractivity contribution >= 4 is 37.5 Å². The highest BCUT2D eigenvalue weighted by Gasteiger charge is 2.45. The van der Waals surface area contributed by atoms with E-state index in [1.54, 1.807) is 0 Å². The van der Waals surface area contributed by atoms with Crippen molar-refractivity contribution in [2.24, 2.45) is 0 Å². The Bertz CT molecular complexity index is 1660. The van der Waals surface area contributed by atoms with Crippen molar-refractivity contribution in [1.29, 1.82) is 0 Å². The first-order valence-electron chi connectivity index (χ1n) is 17.8. The summed E-state index contributed by atoms with van der Waals surface area (Å²) >= 11 is 3.88. The van der Waals surface area contributed by atoms with Gasteiger partial charge in [0, 0.05) is 4.47 Å². The Labute approximate surface area is 284 Å². The van der Waals surface area contributed by atoms with E-state index in [4.69, 9.17) is 9.47 Å². The summed E-state index contributed by atoms with van der Waals surface area (Å²) in [5.41, 5.74) is 4.71. The topological polar surface area (TPSA) is 18.5 Å². The number of unbranched alkanes of at least 4 members (excludes halogenated alkanes) is 10. The Balaban J connectivity index is 1.31. The van der Waals surface area contributed by atoms with E-state index < -0.39 is 5.41 Å². The molecule has 1 aliphatic rings. The molecule has 6 rings (SSSR count). The van der Waals surface area contributed by atoms with Gasteiger partial charge in [-0.1, -0.05) is 149 Å². The van der Waals surface area contributed by atoms with Crippen LogP contribution in [0.3, 0.4) is 0 Å². The molecule has 0 N–H and O–H groups in total. The summed E-state index contributed by atoms with van der Waals surface area (Å²) < 4.78 is 13.6. The van der Waals surface area contributed by atoms with Gasteiger partial charge >= 0.3 is 0 Å². The standard InChI is InChI=1S/C43H49BrO2/c1-3-5-7-9-11-13-28-45-37-24-20-34(21-25-37)43(35-22-26-38(27-23-35)46-29-14-12-10-8-6-4-2)39-17-15-16-32-18-19-33-30-36(44)31-40(43)42(33)41(32)39/h15-27,30-31H,3-14,28-29H2,1-2H3. The molecule has 0 saturated heterocycles. The lowest BCUT2D eigenvalue weighted by atomic mass is 9.67. The van der Waals surface area contributed by atoms with E-state index >= 15 is 0 Å². The van der Waals surface area contributed by atoms with Crippen LogP contribution in [0.15, 0.2) is 95.5 Å². The van der Waals surface area contributed by atoms with Crippen LogP contribution in [-0.2, 0) is 5.41 Å². The molecule has 0 fully saturated rings. The normalized spacial score (nSPS) is 13.2. The molecule has 2 nitrogen and oxygen atoms in total. The molecular weight excluding hydrogens is 628 g/mol. The molecule has 0 unspecified atom stereocenters. The Kier molecular flexibility index (Phi) is 11.0. The van der Waals surface area contributed by atoms with Gasteiger partial charge in [-0.3, -0.25) is 0 Å². The van der Waals surface area contributed by atoms with Crippen LogP contribution in [-0.4, -0.2) is 13.2 Å². The van der Waals surface area contributed by atoms with Crippen molar-refractivity contribution in [3.63, 3.8) is 0 Å². The van der Waals surface area contributed by atoms with Gasteiger partial charge in [-0.2, -0.15) is 0 Å². The molecule has 5 aromatic rings. The van der Waals surface area contributed by atoms with Crippen LogP contribution in [0.5, 0.6) is 11.5 Å². The minimum Gasteiger partial charge on any atom is -0.494 e. The van der Waals surface area contributed by atoms with Gasteiger partial charge in [0.15, 0.2) is 0 Å². The Hall–Kier alpha value is -3.30. The summed E-state index contributed by atoms with van der Waals surface area (Å²) in [5, 5.41) is 5.26. The van der Waals surface area contributed by atoms with Gasteiger partial charge in [0.1, 0.15) is 11.5 Å². The first-order chi connectivity index (χ1) is 22.7. The summed E-state index contributed by atoms with van der Waals surface area (Å²) in [6.45, 7) is 6.08. The number of hydrogen-bond donors (Lipinski definition) is 0. The molecule has 0 saturated carbocycles. The van der Waals surface area contributed by atoms with Crippen molar-refractivity contribution in [3.05, 3.63) is 118 Å². The third-order valence-electron chi connectivity index (χ3n) is 9.84. The monoisotopic (exact) mass is 676 g/mol. The van der Waals surface area contributed by atoms with Crippen LogP contribution < -0.4 is 9.47 Å². The number of hydrogen-bond acceptors (Lipinski definition) is 2. The van der Waals surface area contributed by atoms with Crippen LogP contribution in [0.1, 0.15) is 113 Å². The van der Waals surface area contributed by atoms with E-state index in [2.05, 4.69) is 121 Å². The molecule has 46 heavy (non-hydrogen) atoms. The summed E-state index contributed by atoms with van der Waals surface area (Å²) in [6.07, 6.45) is 15.2. The molecule has 0 aromatic heterocycles. The predicted molar refractivity (Wildman–Crippen MR) is 199 cm³/mol. The van der Waals surface area contributed by atoms with E-state index in [-0.39, 0.29) is 0 Å². The highest BCUT2D eigenvalue weighted by atomic mass is 79.9. The lowest BCUT2D eigenvalue weighted by Gasteiger charge is -2.34. The smallest absolute Gasteiger partial charge is 0.119 e. The number of rotatable bonds is 18.